The molecule has 0 saturated heterocycles. The van der Waals surface area contributed by atoms with E-state index in [1.165, 1.54) is 0 Å². The molecule has 0 radical (unpaired) electrons. The number of halogens is 1. The van der Waals surface area contributed by atoms with Crippen molar-refractivity contribution in [2.24, 2.45) is 4.99 Å². The summed E-state index contributed by atoms with van der Waals surface area (Å²) < 4.78 is 5.32. The molecule has 1 N–H and O–H groups in total. The molecule has 142 valence electrons. The first-order valence-corrected chi connectivity index (χ1v) is 9.80. The highest BCUT2D eigenvalue weighted by atomic mass is 35.5. The lowest BCUT2D eigenvalue weighted by Crippen LogP contribution is -2.38. The van der Waals surface area contributed by atoms with E-state index in [2.05, 4.69) is 30.8 Å². The van der Waals surface area contributed by atoms with E-state index in [1.807, 2.05) is 37.9 Å². The molecule has 0 aliphatic carbocycles. The number of thiazole rings is 1. The summed E-state index contributed by atoms with van der Waals surface area (Å²) >= 11 is 7.55. The van der Waals surface area contributed by atoms with Crippen LogP contribution in [0.4, 0.5) is 0 Å². The van der Waals surface area contributed by atoms with Gasteiger partial charge in [-0.3, -0.25) is 0 Å². The third-order valence-corrected chi connectivity index (χ3v) is 4.77. The van der Waals surface area contributed by atoms with Crippen LogP contribution in [0, 0.1) is 6.92 Å². The van der Waals surface area contributed by atoms with Crippen molar-refractivity contribution in [2.75, 3.05) is 13.6 Å². The fraction of sp³-hybridized carbons (Fsp3) is 0.333. The van der Waals surface area contributed by atoms with E-state index < -0.39 is 0 Å². The summed E-state index contributed by atoms with van der Waals surface area (Å²) in [5.41, 5.74) is 1.87. The van der Waals surface area contributed by atoms with Crippen molar-refractivity contribution in [3.8, 4) is 11.4 Å². The molecule has 0 spiro atoms. The quantitative estimate of drug-likeness (QED) is 0.497. The van der Waals surface area contributed by atoms with Crippen molar-refractivity contribution in [3.05, 3.63) is 51.3 Å². The summed E-state index contributed by atoms with van der Waals surface area (Å²) in [6, 6.07) is 7.30. The first-order valence-electron chi connectivity index (χ1n) is 8.54. The minimum absolute atomic E-state index is 0.295. The smallest absolute Gasteiger partial charge is 0.248 e. The summed E-state index contributed by atoms with van der Waals surface area (Å²) in [6.45, 7) is 5.77. The van der Waals surface area contributed by atoms with Crippen LogP contribution in [0.5, 0.6) is 0 Å². The lowest BCUT2D eigenvalue weighted by molar-refractivity contribution is 0.379. The monoisotopic (exact) mass is 404 g/mol. The number of aliphatic imine (C=N–C) groups is 1. The van der Waals surface area contributed by atoms with Gasteiger partial charge >= 0.3 is 0 Å². The van der Waals surface area contributed by atoms with Gasteiger partial charge in [0, 0.05) is 29.6 Å². The minimum atomic E-state index is 0.295. The predicted octanol–water partition coefficient (Wildman–Crippen LogP) is 3.75. The molecule has 27 heavy (non-hydrogen) atoms. The summed E-state index contributed by atoms with van der Waals surface area (Å²) in [4.78, 5) is 15.5. The molecule has 0 atom stereocenters. The fourth-order valence-electron chi connectivity index (χ4n) is 2.45. The summed E-state index contributed by atoms with van der Waals surface area (Å²) in [7, 11) is 1.98. The number of benzene rings is 1. The Morgan fingerprint density at radius 2 is 2.07 bits per heavy atom. The fourth-order valence-corrected chi connectivity index (χ4v) is 3.18. The number of nitrogens with zero attached hydrogens (tertiary/aromatic N) is 5. The lowest BCUT2D eigenvalue weighted by atomic mass is 10.2. The van der Waals surface area contributed by atoms with Crippen LogP contribution in [0.2, 0.25) is 5.02 Å². The lowest BCUT2D eigenvalue weighted by Gasteiger charge is -2.20. The molecule has 9 heteroatoms. The summed E-state index contributed by atoms with van der Waals surface area (Å²) in [5, 5.41) is 11.1. The molecule has 3 aromatic rings. The van der Waals surface area contributed by atoms with Gasteiger partial charge in [-0.1, -0.05) is 16.8 Å². The molecule has 0 aliphatic rings. The Morgan fingerprint density at radius 3 is 2.74 bits per heavy atom. The van der Waals surface area contributed by atoms with E-state index in [9.17, 15) is 0 Å². The van der Waals surface area contributed by atoms with Crippen LogP contribution in [-0.4, -0.2) is 39.6 Å². The van der Waals surface area contributed by atoms with E-state index in [4.69, 9.17) is 16.1 Å². The molecule has 0 saturated carbocycles. The summed E-state index contributed by atoms with van der Waals surface area (Å²) in [6.07, 6.45) is 0. The molecule has 3 rings (SSSR count). The van der Waals surface area contributed by atoms with E-state index >= 15 is 0 Å². The van der Waals surface area contributed by atoms with E-state index in [-0.39, 0.29) is 0 Å². The van der Waals surface area contributed by atoms with Gasteiger partial charge in [0.1, 0.15) is 6.54 Å². The molecule has 2 aromatic heterocycles. The van der Waals surface area contributed by atoms with Crippen LogP contribution in [0.25, 0.3) is 11.4 Å². The maximum Gasteiger partial charge on any atom is 0.248 e. The highest BCUT2D eigenvalue weighted by Gasteiger charge is 2.11. The molecule has 0 aliphatic heterocycles. The SMILES string of the molecule is CCNC(=NCc1nc(-c2ccc(Cl)cc2)no1)N(C)Cc1csc(C)n1. The second-order valence-corrected chi connectivity index (χ2v) is 7.40. The highest BCUT2D eigenvalue weighted by molar-refractivity contribution is 7.09. The van der Waals surface area contributed by atoms with Crippen molar-refractivity contribution in [3.63, 3.8) is 0 Å². The number of nitrogens with one attached hydrogen (secondary N) is 1. The van der Waals surface area contributed by atoms with Gasteiger partial charge < -0.3 is 14.7 Å². The maximum absolute atomic E-state index is 5.91. The number of aromatic nitrogens is 3. The Bertz CT molecular complexity index is 905. The molecule has 0 bridgehead atoms. The van der Waals surface area contributed by atoms with Crippen LogP contribution in [0.15, 0.2) is 39.2 Å². The Hall–Kier alpha value is -2.45. The van der Waals surface area contributed by atoms with Crippen LogP contribution in [0.1, 0.15) is 23.5 Å². The number of hydrogen-bond acceptors (Lipinski definition) is 6. The van der Waals surface area contributed by atoms with Crippen LogP contribution < -0.4 is 5.32 Å². The van der Waals surface area contributed by atoms with Gasteiger partial charge in [-0.25, -0.2) is 9.98 Å². The first-order chi connectivity index (χ1) is 13.0. The van der Waals surface area contributed by atoms with Crippen molar-refractivity contribution in [1.29, 1.82) is 0 Å². The number of rotatable bonds is 6. The van der Waals surface area contributed by atoms with Crippen molar-refractivity contribution in [1.82, 2.24) is 25.3 Å². The van der Waals surface area contributed by atoms with Gasteiger partial charge in [-0.2, -0.15) is 4.98 Å². The normalized spacial score (nSPS) is 11.6. The standard InChI is InChI=1S/C18H21ClN6OS/c1-4-20-18(25(3)10-15-11-27-12(2)22-15)21-9-16-23-17(24-26-16)13-5-7-14(19)8-6-13/h5-8,11H,4,9-10H2,1-3H3,(H,20,21). The Labute approximate surface area is 167 Å². The van der Waals surface area contributed by atoms with Crippen molar-refractivity contribution < 1.29 is 4.52 Å². The number of hydrogen-bond donors (Lipinski definition) is 1. The third kappa shape index (κ3) is 5.27. The number of guanidine groups is 1. The van der Waals surface area contributed by atoms with E-state index in [0.717, 1.165) is 28.8 Å². The van der Waals surface area contributed by atoms with Crippen LogP contribution >= 0.6 is 22.9 Å². The zero-order chi connectivity index (χ0) is 19.2. The Kier molecular flexibility index (Phi) is 6.41. The molecule has 0 fully saturated rings. The van der Waals surface area contributed by atoms with Gasteiger partial charge in [0.15, 0.2) is 5.96 Å². The van der Waals surface area contributed by atoms with Gasteiger partial charge in [0.05, 0.1) is 17.2 Å². The zero-order valence-electron chi connectivity index (χ0n) is 15.4. The largest absolute Gasteiger partial charge is 0.357 e. The molecular weight excluding hydrogens is 384 g/mol. The molecular formula is C18H21ClN6OS. The Morgan fingerprint density at radius 1 is 1.30 bits per heavy atom. The molecule has 2 heterocycles. The van der Waals surface area contributed by atoms with Gasteiger partial charge in [0.2, 0.25) is 11.7 Å². The van der Waals surface area contributed by atoms with Gasteiger partial charge in [0.25, 0.3) is 0 Å². The average Bonchev–Trinajstić information content (AvgIpc) is 3.28. The average molecular weight is 405 g/mol. The van der Waals surface area contributed by atoms with E-state index in [0.29, 0.717) is 29.8 Å². The highest BCUT2D eigenvalue weighted by Crippen LogP contribution is 2.19. The minimum Gasteiger partial charge on any atom is -0.357 e. The van der Waals surface area contributed by atoms with Crippen LogP contribution in [-0.2, 0) is 13.1 Å². The molecule has 0 unspecified atom stereocenters. The molecule has 1 aromatic carbocycles. The summed E-state index contributed by atoms with van der Waals surface area (Å²) in [5.74, 6) is 1.73. The van der Waals surface area contributed by atoms with Crippen molar-refractivity contribution in [2.45, 2.75) is 26.9 Å². The third-order valence-electron chi connectivity index (χ3n) is 3.70. The topological polar surface area (TPSA) is 79.4 Å². The number of aryl methyl sites for hydroxylation is 1. The van der Waals surface area contributed by atoms with Gasteiger partial charge in [-0.05, 0) is 38.1 Å². The van der Waals surface area contributed by atoms with Crippen molar-refractivity contribution >= 4 is 28.9 Å². The first kappa shape index (κ1) is 19.3. The second kappa shape index (κ2) is 8.96. The maximum atomic E-state index is 5.91. The second-order valence-electron chi connectivity index (χ2n) is 5.90. The zero-order valence-corrected chi connectivity index (χ0v) is 17.0. The van der Waals surface area contributed by atoms with Gasteiger partial charge in [-0.15, -0.1) is 11.3 Å². The van der Waals surface area contributed by atoms with E-state index in [1.54, 1.807) is 23.5 Å². The molecule has 0 amide bonds. The molecule has 7 nitrogen and oxygen atoms in total. The predicted molar refractivity (Wildman–Crippen MR) is 108 cm³/mol. The Balaban J connectivity index is 1.68. The van der Waals surface area contributed by atoms with Crippen LogP contribution in [0.3, 0.4) is 0 Å².